The second kappa shape index (κ2) is 8.33. The maximum absolute atomic E-state index is 11.7. The molecule has 23 heavy (non-hydrogen) atoms. The molecule has 0 bridgehead atoms. The minimum Gasteiger partial charge on any atom is -0.386 e. The first-order valence-electron chi connectivity index (χ1n) is 7.84. The Hall–Kier alpha value is -2.34. The molecule has 0 aliphatic carbocycles. The van der Waals surface area contributed by atoms with Crippen LogP contribution in [0.2, 0.25) is 0 Å². The lowest BCUT2D eigenvalue weighted by molar-refractivity contribution is 0.173. The Labute approximate surface area is 136 Å². The molecule has 1 heterocycles. The van der Waals surface area contributed by atoms with Gasteiger partial charge in [0.15, 0.2) is 0 Å². The van der Waals surface area contributed by atoms with E-state index in [0.717, 1.165) is 12.8 Å². The summed E-state index contributed by atoms with van der Waals surface area (Å²) in [5, 5.41) is 19.4. The highest BCUT2D eigenvalue weighted by atomic mass is 16.3. The molecule has 2 aromatic rings. The van der Waals surface area contributed by atoms with Gasteiger partial charge in [0, 0.05) is 31.9 Å². The van der Waals surface area contributed by atoms with Crippen molar-refractivity contribution < 1.29 is 9.90 Å². The van der Waals surface area contributed by atoms with Gasteiger partial charge >= 0.3 is 6.03 Å². The van der Waals surface area contributed by atoms with Gasteiger partial charge in [0.25, 0.3) is 0 Å². The van der Waals surface area contributed by atoms with Crippen LogP contribution in [0.3, 0.4) is 0 Å². The molecule has 1 aromatic heterocycles. The molecular formula is C17H24N4O2. The number of carbonyl (C=O) groups excluding carboxylic acids is 1. The Balaban J connectivity index is 1.66. The highest BCUT2D eigenvalue weighted by molar-refractivity contribution is 5.73. The summed E-state index contributed by atoms with van der Waals surface area (Å²) < 4.78 is 1.61. The van der Waals surface area contributed by atoms with Crippen molar-refractivity contribution in [3.05, 3.63) is 53.3 Å². The SMILES string of the molecule is CCc1ccc(CCNC(=O)NCC(O)c2cnn(C)c2)cc1. The van der Waals surface area contributed by atoms with Crippen molar-refractivity contribution in [1.82, 2.24) is 20.4 Å². The normalized spacial score (nSPS) is 12.0. The van der Waals surface area contributed by atoms with Gasteiger partial charge < -0.3 is 15.7 Å². The monoisotopic (exact) mass is 316 g/mol. The number of aromatic nitrogens is 2. The Morgan fingerprint density at radius 2 is 1.96 bits per heavy atom. The molecule has 6 nitrogen and oxygen atoms in total. The lowest BCUT2D eigenvalue weighted by Gasteiger charge is -2.11. The molecule has 2 rings (SSSR count). The van der Waals surface area contributed by atoms with Crippen LogP contribution in [0, 0.1) is 0 Å². The van der Waals surface area contributed by atoms with Crippen molar-refractivity contribution in [3.63, 3.8) is 0 Å². The van der Waals surface area contributed by atoms with E-state index >= 15 is 0 Å². The third kappa shape index (κ3) is 5.41. The number of rotatable bonds is 7. The molecule has 0 spiro atoms. The maximum atomic E-state index is 11.7. The number of aliphatic hydroxyl groups excluding tert-OH is 1. The van der Waals surface area contributed by atoms with Crippen molar-refractivity contribution in [2.45, 2.75) is 25.9 Å². The number of aliphatic hydroxyl groups is 1. The van der Waals surface area contributed by atoms with Gasteiger partial charge in [-0.05, 0) is 24.0 Å². The minimum atomic E-state index is -0.754. The van der Waals surface area contributed by atoms with Crippen LogP contribution in [0.5, 0.6) is 0 Å². The van der Waals surface area contributed by atoms with Crippen molar-refractivity contribution in [3.8, 4) is 0 Å². The molecule has 0 saturated carbocycles. The fraction of sp³-hybridized carbons (Fsp3) is 0.412. The lowest BCUT2D eigenvalue weighted by Crippen LogP contribution is -2.38. The van der Waals surface area contributed by atoms with Crippen LogP contribution in [0.15, 0.2) is 36.7 Å². The zero-order valence-electron chi connectivity index (χ0n) is 13.6. The quantitative estimate of drug-likeness (QED) is 0.725. The van der Waals surface area contributed by atoms with Gasteiger partial charge in [0.05, 0.1) is 12.3 Å². The average molecular weight is 316 g/mol. The molecule has 6 heteroatoms. The van der Waals surface area contributed by atoms with Crippen LogP contribution in [-0.2, 0) is 19.9 Å². The topological polar surface area (TPSA) is 79.2 Å². The molecule has 0 saturated heterocycles. The van der Waals surface area contributed by atoms with Crippen molar-refractivity contribution in [2.24, 2.45) is 7.05 Å². The summed E-state index contributed by atoms with van der Waals surface area (Å²) in [5.74, 6) is 0. The molecule has 1 aromatic carbocycles. The summed E-state index contributed by atoms with van der Waals surface area (Å²) in [7, 11) is 1.78. The second-order valence-corrected chi connectivity index (χ2v) is 5.52. The van der Waals surface area contributed by atoms with Crippen LogP contribution >= 0.6 is 0 Å². The number of hydrogen-bond acceptors (Lipinski definition) is 3. The molecule has 0 aliphatic heterocycles. The lowest BCUT2D eigenvalue weighted by atomic mass is 10.1. The first-order chi connectivity index (χ1) is 11.1. The molecule has 3 N–H and O–H groups in total. The van der Waals surface area contributed by atoms with E-state index in [1.54, 1.807) is 24.1 Å². The molecule has 0 aliphatic rings. The number of benzene rings is 1. The van der Waals surface area contributed by atoms with E-state index in [-0.39, 0.29) is 12.6 Å². The van der Waals surface area contributed by atoms with Crippen LogP contribution in [0.4, 0.5) is 4.79 Å². The zero-order chi connectivity index (χ0) is 16.7. The number of urea groups is 1. The number of carbonyl (C=O) groups is 1. The fourth-order valence-electron chi connectivity index (χ4n) is 2.24. The van der Waals surface area contributed by atoms with E-state index in [1.807, 2.05) is 0 Å². The van der Waals surface area contributed by atoms with E-state index in [4.69, 9.17) is 0 Å². The van der Waals surface area contributed by atoms with Crippen LogP contribution < -0.4 is 10.6 Å². The maximum Gasteiger partial charge on any atom is 0.314 e. The van der Waals surface area contributed by atoms with E-state index in [1.165, 1.54) is 11.1 Å². The van der Waals surface area contributed by atoms with Crippen LogP contribution in [0.1, 0.15) is 29.7 Å². The summed E-state index contributed by atoms with van der Waals surface area (Å²) in [6.45, 7) is 2.84. The smallest absolute Gasteiger partial charge is 0.314 e. The first-order valence-corrected chi connectivity index (χ1v) is 7.84. The Bertz CT molecular complexity index is 622. The predicted molar refractivity (Wildman–Crippen MR) is 89.1 cm³/mol. The number of hydrogen-bond donors (Lipinski definition) is 3. The Morgan fingerprint density at radius 3 is 2.57 bits per heavy atom. The van der Waals surface area contributed by atoms with Crippen molar-refractivity contribution in [1.29, 1.82) is 0 Å². The summed E-state index contributed by atoms with van der Waals surface area (Å²) >= 11 is 0. The summed E-state index contributed by atoms with van der Waals surface area (Å²) in [4.78, 5) is 11.7. The van der Waals surface area contributed by atoms with Gasteiger partial charge in [-0.2, -0.15) is 5.10 Å². The molecule has 1 unspecified atom stereocenters. The van der Waals surface area contributed by atoms with Crippen molar-refractivity contribution >= 4 is 6.03 Å². The van der Waals surface area contributed by atoms with Gasteiger partial charge in [-0.25, -0.2) is 4.79 Å². The fourth-order valence-corrected chi connectivity index (χ4v) is 2.24. The van der Waals surface area contributed by atoms with Gasteiger partial charge in [0.2, 0.25) is 0 Å². The van der Waals surface area contributed by atoms with Crippen molar-refractivity contribution in [2.75, 3.05) is 13.1 Å². The molecule has 1 atom stereocenters. The number of aryl methyl sites for hydroxylation is 2. The van der Waals surface area contributed by atoms with Gasteiger partial charge in [-0.1, -0.05) is 31.2 Å². The molecule has 124 valence electrons. The molecule has 0 radical (unpaired) electrons. The van der Waals surface area contributed by atoms with E-state index in [9.17, 15) is 9.90 Å². The highest BCUT2D eigenvalue weighted by Gasteiger charge is 2.10. The second-order valence-electron chi connectivity index (χ2n) is 5.52. The third-order valence-corrected chi connectivity index (χ3v) is 3.70. The average Bonchev–Trinajstić information content (AvgIpc) is 3.00. The van der Waals surface area contributed by atoms with E-state index < -0.39 is 6.10 Å². The van der Waals surface area contributed by atoms with E-state index in [0.29, 0.717) is 12.1 Å². The molecular weight excluding hydrogens is 292 g/mol. The first kappa shape index (κ1) is 17.0. The van der Waals surface area contributed by atoms with Gasteiger partial charge in [-0.3, -0.25) is 4.68 Å². The zero-order valence-corrected chi connectivity index (χ0v) is 13.6. The third-order valence-electron chi connectivity index (χ3n) is 3.70. The van der Waals surface area contributed by atoms with Gasteiger partial charge in [-0.15, -0.1) is 0 Å². The summed E-state index contributed by atoms with van der Waals surface area (Å²) in [5.41, 5.74) is 3.19. The number of amides is 2. The number of nitrogens with one attached hydrogen (secondary N) is 2. The molecule has 2 amide bonds. The predicted octanol–water partition coefficient (Wildman–Crippen LogP) is 1.56. The Morgan fingerprint density at radius 1 is 1.26 bits per heavy atom. The largest absolute Gasteiger partial charge is 0.386 e. The minimum absolute atomic E-state index is 0.155. The van der Waals surface area contributed by atoms with E-state index in [2.05, 4.69) is 46.9 Å². The molecule has 0 fully saturated rings. The Kier molecular flexibility index (Phi) is 6.17. The summed E-state index contributed by atoms with van der Waals surface area (Å²) in [6.07, 6.45) is 4.37. The highest BCUT2D eigenvalue weighted by Crippen LogP contribution is 2.09. The van der Waals surface area contributed by atoms with Crippen LogP contribution in [-0.4, -0.2) is 34.0 Å². The standard InChI is InChI=1S/C17H24N4O2/c1-3-13-4-6-14(7-5-13)8-9-18-17(23)19-11-16(22)15-10-20-21(2)12-15/h4-7,10,12,16,22H,3,8-9,11H2,1-2H3,(H2,18,19,23). The van der Waals surface area contributed by atoms with Gasteiger partial charge in [0.1, 0.15) is 0 Å². The number of nitrogens with zero attached hydrogens (tertiary/aromatic N) is 2. The summed E-state index contributed by atoms with van der Waals surface area (Å²) in [6, 6.07) is 8.12. The van der Waals surface area contributed by atoms with Crippen LogP contribution in [0.25, 0.3) is 0 Å².